The Kier molecular flexibility index (Phi) is 7.10. The number of aliphatic hydroxyl groups excluding tert-OH is 1. The summed E-state index contributed by atoms with van der Waals surface area (Å²) >= 11 is 0. The molecule has 0 unspecified atom stereocenters. The Morgan fingerprint density at radius 3 is 2.87 bits per heavy atom. The van der Waals surface area contributed by atoms with Gasteiger partial charge in [0.15, 0.2) is 0 Å². The lowest BCUT2D eigenvalue weighted by atomic mass is 10.1. The second-order valence-corrected chi connectivity index (χ2v) is 5.75. The standard InChI is InChI=1S/C18H26N2O3/c1-2-13-23-14-5-8-18(22)19-16-6-3-4-7-17(16)20-11-9-15(21)10-12-20/h2-4,6-7,15,21H,1,5,8-14H2,(H,19,22). The van der Waals surface area contributed by atoms with Crippen LogP contribution in [0.1, 0.15) is 25.7 Å². The average molecular weight is 318 g/mol. The van der Waals surface area contributed by atoms with Gasteiger partial charge in [-0.05, 0) is 31.4 Å². The molecule has 126 valence electrons. The molecule has 1 aromatic rings. The highest BCUT2D eigenvalue weighted by atomic mass is 16.5. The highest BCUT2D eigenvalue weighted by molar-refractivity contribution is 5.94. The van der Waals surface area contributed by atoms with E-state index in [0.29, 0.717) is 26.1 Å². The van der Waals surface area contributed by atoms with E-state index in [-0.39, 0.29) is 12.0 Å². The van der Waals surface area contributed by atoms with E-state index in [1.54, 1.807) is 6.08 Å². The summed E-state index contributed by atoms with van der Waals surface area (Å²) in [5.41, 5.74) is 1.86. The number of nitrogens with one attached hydrogen (secondary N) is 1. The van der Waals surface area contributed by atoms with E-state index in [1.165, 1.54) is 0 Å². The number of aliphatic hydroxyl groups is 1. The molecule has 5 heteroatoms. The Hall–Kier alpha value is -1.85. The smallest absolute Gasteiger partial charge is 0.224 e. The molecule has 0 saturated carbocycles. The molecule has 2 N–H and O–H groups in total. The number of ether oxygens (including phenoxy) is 1. The minimum atomic E-state index is -0.205. The first-order valence-corrected chi connectivity index (χ1v) is 8.21. The van der Waals surface area contributed by atoms with Gasteiger partial charge in [-0.3, -0.25) is 4.79 Å². The number of carbonyl (C=O) groups excluding carboxylic acids is 1. The molecule has 23 heavy (non-hydrogen) atoms. The Morgan fingerprint density at radius 1 is 1.39 bits per heavy atom. The van der Waals surface area contributed by atoms with Crippen molar-refractivity contribution in [2.75, 3.05) is 36.5 Å². The predicted molar refractivity (Wildman–Crippen MR) is 92.8 cm³/mol. The highest BCUT2D eigenvalue weighted by Gasteiger charge is 2.19. The van der Waals surface area contributed by atoms with Crippen LogP contribution in [-0.4, -0.2) is 43.4 Å². The van der Waals surface area contributed by atoms with Crippen molar-refractivity contribution in [3.05, 3.63) is 36.9 Å². The summed E-state index contributed by atoms with van der Waals surface area (Å²) in [7, 11) is 0. The van der Waals surface area contributed by atoms with Gasteiger partial charge in [0, 0.05) is 26.1 Å². The fourth-order valence-electron chi connectivity index (χ4n) is 2.68. The van der Waals surface area contributed by atoms with Crippen LogP contribution in [0.25, 0.3) is 0 Å². The van der Waals surface area contributed by atoms with Crippen LogP contribution in [0, 0.1) is 0 Å². The number of piperidine rings is 1. The number of hydrogen-bond acceptors (Lipinski definition) is 4. The number of para-hydroxylation sites is 2. The van der Waals surface area contributed by atoms with E-state index in [2.05, 4.69) is 16.8 Å². The number of nitrogens with zero attached hydrogens (tertiary/aromatic N) is 1. The monoisotopic (exact) mass is 318 g/mol. The average Bonchev–Trinajstić information content (AvgIpc) is 2.56. The van der Waals surface area contributed by atoms with Crippen LogP contribution in [0.3, 0.4) is 0 Å². The molecule has 1 aliphatic rings. The molecule has 0 aromatic heterocycles. The lowest BCUT2D eigenvalue weighted by Gasteiger charge is -2.32. The molecule has 0 atom stereocenters. The molecule has 0 spiro atoms. The van der Waals surface area contributed by atoms with E-state index in [0.717, 1.165) is 37.3 Å². The van der Waals surface area contributed by atoms with Crippen LogP contribution >= 0.6 is 0 Å². The van der Waals surface area contributed by atoms with E-state index >= 15 is 0 Å². The van der Waals surface area contributed by atoms with Crippen molar-refractivity contribution in [3.63, 3.8) is 0 Å². The number of carbonyl (C=O) groups is 1. The van der Waals surface area contributed by atoms with Crippen molar-refractivity contribution >= 4 is 17.3 Å². The third-order valence-corrected chi connectivity index (χ3v) is 3.91. The molecule has 1 amide bonds. The number of hydrogen-bond donors (Lipinski definition) is 2. The first kappa shape index (κ1) is 17.5. The molecule has 2 rings (SSSR count). The van der Waals surface area contributed by atoms with Gasteiger partial charge in [-0.15, -0.1) is 6.58 Å². The molecule has 1 aromatic carbocycles. The SMILES string of the molecule is C=CCOCCCC(=O)Nc1ccccc1N1CCC(O)CC1. The Bertz CT molecular complexity index is 511. The van der Waals surface area contributed by atoms with Crippen molar-refractivity contribution in [1.29, 1.82) is 0 Å². The summed E-state index contributed by atoms with van der Waals surface area (Å²) < 4.78 is 5.28. The third-order valence-electron chi connectivity index (χ3n) is 3.91. The highest BCUT2D eigenvalue weighted by Crippen LogP contribution is 2.28. The summed E-state index contributed by atoms with van der Waals surface area (Å²) in [6.07, 6.45) is 4.16. The van der Waals surface area contributed by atoms with Gasteiger partial charge in [0.1, 0.15) is 0 Å². The zero-order valence-electron chi connectivity index (χ0n) is 13.5. The molecule has 1 aliphatic heterocycles. The maximum Gasteiger partial charge on any atom is 0.224 e. The molecule has 5 nitrogen and oxygen atoms in total. The molecule has 1 saturated heterocycles. The lowest BCUT2D eigenvalue weighted by molar-refractivity contribution is -0.116. The number of benzene rings is 1. The molecular weight excluding hydrogens is 292 g/mol. The first-order chi connectivity index (χ1) is 11.2. The van der Waals surface area contributed by atoms with Gasteiger partial charge in [0.2, 0.25) is 5.91 Å². The van der Waals surface area contributed by atoms with Gasteiger partial charge in [0.05, 0.1) is 24.1 Å². The zero-order chi connectivity index (χ0) is 16.5. The van der Waals surface area contributed by atoms with Gasteiger partial charge >= 0.3 is 0 Å². The number of amides is 1. The minimum Gasteiger partial charge on any atom is -0.393 e. The number of anilines is 2. The molecule has 1 fully saturated rings. The predicted octanol–water partition coefficient (Wildman–Crippen LogP) is 2.57. The van der Waals surface area contributed by atoms with Gasteiger partial charge < -0.3 is 20.1 Å². The first-order valence-electron chi connectivity index (χ1n) is 8.21. The van der Waals surface area contributed by atoms with Crippen molar-refractivity contribution in [2.24, 2.45) is 0 Å². The fraction of sp³-hybridized carbons (Fsp3) is 0.500. The second kappa shape index (κ2) is 9.33. The molecule has 0 aliphatic carbocycles. The van der Waals surface area contributed by atoms with Crippen LogP contribution in [0.2, 0.25) is 0 Å². The Labute approximate surface area is 137 Å². The normalized spacial score (nSPS) is 15.4. The summed E-state index contributed by atoms with van der Waals surface area (Å²) in [5.74, 6) is -0.00306. The molecule has 0 bridgehead atoms. The Morgan fingerprint density at radius 2 is 2.13 bits per heavy atom. The molecular formula is C18H26N2O3. The minimum absolute atomic E-state index is 0.00306. The topological polar surface area (TPSA) is 61.8 Å². The van der Waals surface area contributed by atoms with Gasteiger partial charge in [0.25, 0.3) is 0 Å². The quantitative estimate of drug-likeness (QED) is 0.571. The number of rotatable bonds is 8. The largest absolute Gasteiger partial charge is 0.393 e. The summed E-state index contributed by atoms with van der Waals surface area (Å²) in [5, 5.41) is 12.6. The molecule has 0 radical (unpaired) electrons. The van der Waals surface area contributed by atoms with Crippen LogP contribution in [0.5, 0.6) is 0 Å². The second-order valence-electron chi connectivity index (χ2n) is 5.75. The van der Waals surface area contributed by atoms with E-state index < -0.39 is 0 Å². The molecule has 1 heterocycles. The fourth-order valence-corrected chi connectivity index (χ4v) is 2.68. The summed E-state index contributed by atoms with van der Waals surface area (Å²) in [6.45, 7) is 6.28. The van der Waals surface area contributed by atoms with Gasteiger partial charge in [-0.1, -0.05) is 18.2 Å². The van der Waals surface area contributed by atoms with Crippen LogP contribution in [-0.2, 0) is 9.53 Å². The van der Waals surface area contributed by atoms with Crippen molar-refractivity contribution in [3.8, 4) is 0 Å². The maximum absolute atomic E-state index is 12.1. The lowest BCUT2D eigenvalue weighted by Crippen LogP contribution is -2.36. The maximum atomic E-state index is 12.1. The summed E-state index contributed by atoms with van der Waals surface area (Å²) in [6, 6.07) is 7.83. The van der Waals surface area contributed by atoms with E-state index in [9.17, 15) is 9.90 Å². The van der Waals surface area contributed by atoms with Crippen LogP contribution in [0.4, 0.5) is 11.4 Å². The third kappa shape index (κ3) is 5.69. The van der Waals surface area contributed by atoms with Gasteiger partial charge in [-0.25, -0.2) is 0 Å². The van der Waals surface area contributed by atoms with Crippen molar-refractivity contribution < 1.29 is 14.6 Å². The van der Waals surface area contributed by atoms with Crippen LogP contribution < -0.4 is 10.2 Å². The van der Waals surface area contributed by atoms with Crippen LogP contribution in [0.15, 0.2) is 36.9 Å². The zero-order valence-corrected chi connectivity index (χ0v) is 13.5. The van der Waals surface area contributed by atoms with E-state index in [4.69, 9.17) is 4.74 Å². The van der Waals surface area contributed by atoms with Crippen molar-refractivity contribution in [2.45, 2.75) is 31.8 Å². The van der Waals surface area contributed by atoms with Gasteiger partial charge in [-0.2, -0.15) is 0 Å². The van der Waals surface area contributed by atoms with E-state index in [1.807, 2.05) is 24.3 Å². The Balaban J connectivity index is 1.87. The van der Waals surface area contributed by atoms with Crippen molar-refractivity contribution in [1.82, 2.24) is 0 Å². The summed E-state index contributed by atoms with van der Waals surface area (Å²) in [4.78, 5) is 14.3.